The molecule has 1 amide bonds. The van der Waals surface area contributed by atoms with E-state index >= 15 is 0 Å². The van der Waals surface area contributed by atoms with E-state index in [0.717, 1.165) is 5.56 Å². The smallest absolute Gasteiger partial charge is 0.259 e. The van der Waals surface area contributed by atoms with Crippen LogP contribution in [0, 0.1) is 6.92 Å². The number of carbonyl (C=O) groups is 1. The monoisotopic (exact) mass is 271 g/mol. The van der Waals surface area contributed by atoms with E-state index in [1.54, 1.807) is 32.4 Å². The van der Waals surface area contributed by atoms with Gasteiger partial charge < -0.3 is 14.8 Å². The van der Waals surface area contributed by atoms with Gasteiger partial charge in [-0.25, -0.2) is 0 Å². The number of methoxy groups -OCH3 is 2. The van der Waals surface area contributed by atoms with Gasteiger partial charge in [-0.1, -0.05) is 24.3 Å². The molecule has 2 aromatic carbocycles. The highest BCUT2D eigenvalue weighted by Gasteiger charge is 2.15. The molecule has 0 aliphatic rings. The molecule has 0 radical (unpaired) electrons. The Balaban J connectivity index is 2.33. The molecule has 1 N–H and O–H groups in total. The Hall–Kier alpha value is -2.49. The molecule has 0 atom stereocenters. The number of ether oxygens (including phenoxy) is 2. The first-order chi connectivity index (χ1) is 9.67. The third kappa shape index (κ3) is 2.74. The van der Waals surface area contributed by atoms with Crippen LogP contribution in [0.25, 0.3) is 0 Å². The first kappa shape index (κ1) is 13.9. The van der Waals surface area contributed by atoms with Crippen molar-refractivity contribution in [2.24, 2.45) is 0 Å². The second-order valence-electron chi connectivity index (χ2n) is 4.31. The van der Waals surface area contributed by atoms with Gasteiger partial charge in [0.25, 0.3) is 5.91 Å². The van der Waals surface area contributed by atoms with E-state index in [4.69, 9.17) is 9.47 Å². The van der Waals surface area contributed by atoms with Crippen molar-refractivity contribution < 1.29 is 14.3 Å². The lowest BCUT2D eigenvalue weighted by molar-refractivity contribution is 0.102. The van der Waals surface area contributed by atoms with E-state index in [1.807, 2.05) is 31.2 Å². The Morgan fingerprint density at radius 1 is 0.950 bits per heavy atom. The third-order valence-electron chi connectivity index (χ3n) is 3.04. The summed E-state index contributed by atoms with van der Waals surface area (Å²) in [5.41, 5.74) is 2.10. The van der Waals surface area contributed by atoms with Crippen molar-refractivity contribution in [2.45, 2.75) is 6.92 Å². The van der Waals surface area contributed by atoms with Crippen molar-refractivity contribution in [3.63, 3.8) is 0 Å². The zero-order chi connectivity index (χ0) is 14.5. The number of hydrogen-bond donors (Lipinski definition) is 1. The standard InChI is InChI=1S/C16H17NO3/c1-11-7-6-10-14(20-3)15(11)17-16(18)12-8-4-5-9-13(12)19-2/h4-10H,1-3H3,(H,17,18). The van der Waals surface area contributed by atoms with E-state index in [1.165, 1.54) is 0 Å². The number of para-hydroxylation sites is 2. The summed E-state index contributed by atoms with van der Waals surface area (Å²) in [5.74, 6) is 0.945. The molecule has 0 aliphatic carbocycles. The van der Waals surface area contributed by atoms with Crippen molar-refractivity contribution in [1.82, 2.24) is 0 Å². The molecule has 4 nitrogen and oxygen atoms in total. The first-order valence-corrected chi connectivity index (χ1v) is 6.25. The number of nitrogens with one attached hydrogen (secondary N) is 1. The Kier molecular flexibility index (Phi) is 4.25. The molecular formula is C16H17NO3. The van der Waals surface area contributed by atoms with Gasteiger partial charge in [0.15, 0.2) is 0 Å². The highest BCUT2D eigenvalue weighted by molar-refractivity contribution is 6.07. The Bertz CT molecular complexity index is 623. The van der Waals surface area contributed by atoms with Gasteiger partial charge in [-0.2, -0.15) is 0 Å². The van der Waals surface area contributed by atoms with Crippen LogP contribution in [0.4, 0.5) is 5.69 Å². The molecule has 0 spiro atoms. The first-order valence-electron chi connectivity index (χ1n) is 6.25. The number of amides is 1. The number of rotatable bonds is 4. The fourth-order valence-electron chi connectivity index (χ4n) is 1.98. The van der Waals surface area contributed by atoms with E-state index in [9.17, 15) is 4.79 Å². The summed E-state index contributed by atoms with van der Waals surface area (Å²) < 4.78 is 10.5. The lowest BCUT2D eigenvalue weighted by atomic mass is 10.1. The van der Waals surface area contributed by atoms with Gasteiger partial charge in [0, 0.05) is 0 Å². The summed E-state index contributed by atoms with van der Waals surface area (Å²) in [5, 5.41) is 2.88. The van der Waals surface area contributed by atoms with Crippen LogP contribution in [0.1, 0.15) is 15.9 Å². The highest BCUT2D eigenvalue weighted by Crippen LogP contribution is 2.29. The molecule has 0 heterocycles. The Labute approximate surface area is 118 Å². The van der Waals surface area contributed by atoms with Crippen LogP contribution in [0.15, 0.2) is 42.5 Å². The SMILES string of the molecule is COc1ccccc1C(=O)Nc1c(C)cccc1OC. The van der Waals surface area contributed by atoms with E-state index in [2.05, 4.69) is 5.32 Å². The Morgan fingerprint density at radius 2 is 1.60 bits per heavy atom. The molecule has 0 fully saturated rings. The van der Waals surface area contributed by atoms with E-state index < -0.39 is 0 Å². The summed E-state index contributed by atoms with van der Waals surface area (Å²) in [4.78, 5) is 12.4. The van der Waals surface area contributed by atoms with Gasteiger partial charge in [0.2, 0.25) is 0 Å². The lowest BCUT2D eigenvalue weighted by Gasteiger charge is -2.14. The predicted molar refractivity (Wildman–Crippen MR) is 78.7 cm³/mol. The number of anilines is 1. The largest absolute Gasteiger partial charge is 0.496 e. The van der Waals surface area contributed by atoms with Crippen LogP contribution in [0.5, 0.6) is 11.5 Å². The van der Waals surface area contributed by atoms with Crippen molar-refractivity contribution in [3.8, 4) is 11.5 Å². The van der Waals surface area contributed by atoms with Crippen molar-refractivity contribution in [3.05, 3.63) is 53.6 Å². The molecule has 0 saturated carbocycles. The summed E-state index contributed by atoms with van der Waals surface area (Å²) in [6, 6.07) is 12.7. The molecule has 0 saturated heterocycles. The van der Waals surface area contributed by atoms with Crippen molar-refractivity contribution in [1.29, 1.82) is 0 Å². The highest BCUT2D eigenvalue weighted by atomic mass is 16.5. The van der Waals surface area contributed by atoms with Crippen LogP contribution in [0.3, 0.4) is 0 Å². The maximum Gasteiger partial charge on any atom is 0.259 e. The van der Waals surface area contributed by atoms with Crippen LogP contribution in [-0.4, -0.2) is 20.1 Å². The molecule has 2 rings (SSSR count). The topological polar surface area (TPSA) is 47.6 Å². The summed E-state index contributed by atoms with van der Waals surface area (Å²) in [6.45, 7) is 1.92. The summed E-state index contributed by atoms with van der Waals surface area (Å²) >= 11 is 0. The number of aryl methyl sites for hydroxylation is 1. The van der Waals surface area contributed by atoms with E-state index in [-0.39, 0.29) is 5.91 Å². The van der Waals surface area contributed by atoms with Crippen molar-refractivity contribution in [2.75, 3.05) is 19.5 Å². The third-order valence-corrected chi connectivity index (χ3v) is 3.04. The summed E-state index contributed by atoms with van der Waals surface area (Å²) in [7, 11) is 3.12. The van der Waals surface area contributed by atoms with Gasteiger partial charge in [-0.3, -0.25) is 4.79 Å². The molecule has 0 aromatic heterocycles. The average Bonchev–Trinajstić information content (AvgIpc) is 2.49. The van der Waals surface area contributed by atoms with Crippen LogP contribution in [-0.2, 0) is 0 Å². The van der Waals surface area contributed by atoms with Gasteiger partial charge in [-0.15, -0.1) is 0 Å². The van der Waals surface area contributed by atoms with Gasteiger partial charge >= 0.3 is 0 Å². The second-order valence-corrected chi connectivity index (χ2v) is 4.31. The second kappa shape index (κ2) is 6.10. The van der Waals surface area contributed by atoms with Gasteiger partial charge in [-0.05, 0) is 30.7 Å². The predicted octanol–water partition coefficient (Wildman–Crippen LogP) is 3.26. The zero-order valence-electron chi connectivity index (χ0n) is 11.8. The number of hydrogen-bond acceptors (Lipinski definition) is 3. The summed E-state index contributed by atoms with van der Waals surface area (Å²) in [6.07, 6.45) is 0. The molecular weight excluding hydrogens is 254 g/mol. The molecule has 0 bridgehead atoms. The minimum Gasteiger partial charge on any atom is -0.496 e. The minimum atomic E-state index is -0.227. The quantitative estimate of drug-likeness (QED) is 0.928. The molecule has 20 heavy (non-hydrogen) atoms. The normalized spacial score (nSPS) is 9.95. The fourth-order valence-corrected chi connectivity index (χ4v) is 1.98. The zero-order valence-corrected chi connectivity index (χ0v) is 11.8. The van der Waals surface area contributed by atoms with E-state index in [0.29, 0.717) is 22.7 Å². The maximum atomic E-state index is 12.4. The minimum absolute atomic E-state index is 0.227. The maximum absolute atomic E-state index is 12.4. The lowest BCUT2D eigenvalue weighted by Crippen LogP contribution is -2.14. The van der Waals surface area contributed by atoms with Crippen molar-refractivity contribution >= 4 is 11.6 Å². The number of carbonyl (C=O) groups excluding carboxylic acids is 1. The Morgan fingerprint density at radius 3 is 2.30 bits per heavy atom. The average molecular weight is 271 g/mol. The molecule has 104 valence electrons. The number of benzene rings is 2. The van der Waals surface area contributed by atoms with Gasteiger partial charge in [0.1, 0.15) is 11.5 Å². The van der Waals surface area contributed by atoms with Crippen LogP contribution in [0.2, 0.25) is 0 Å². The molecule has 4 heteroatoms. The molecule has 0 aliphatic heterocycles. The van der Waals surface area contributed by atoms with Crippen LogP contribution >= 0.6 is 0 Å². The van der Waals surface area contributed by atoms with Gasteiger partial charge in [0.05, 0.1) is 25.5 Å². The molecule has 2 aromatic rings. The fraction of sp³-hybridized carbons (Fsp3) is 0.188. The molecule has 0 unspecified atom stereocenters. The van der Waals surface area contributed by atoms with Crippen LogP contribution < -0.4 is 14.8 Å².